The number of ether oxygens (including phenoxy) is 2. The molecule has 0 fully saturated rings. The third kappa shape index (κ3) is 4.59. The summed E-state index contributed by atoms with van der Waals surface area (Å²) in [4.78, 5) is 0. The van der Waals surface area contributed by atoms with E-state index in [0.717, 1.165) is 12.0 Å². The number of allylic oxidation sites excluding steroid dienone is 1. The minimum Gasteiger partial charge on any atom is -0.496 e. The van der Waals surface area contributed by atoms with Crippen molar-refractivity contribution in [3.8, 4) is 11.5 Å². The number of hydrogen-bond donors (Lipinski definition) is 2. The van der Waals surface area contributed by atoms with Crippen molar-refractivity contribution in [1.82, 2.24) is 0 Å². The molecular formula is C16H21BrO4. The van der Waals surface area contributed by atoms with Crippen molar-refractivity contribution < 1.29 is 19.7 Å². The van der Waals surface area contributed by atoms with E-state index in [4.69, 9.17) is 9.47 Å². The Hall–Kier alpha value is -1.30. The van der Waals surface area contributed by atoms with Gasteiger partial charge in [0.25, 0.3) is 0 Å². The highest BCUT2D eigenvalue weighted by Crippen LogP contribution is 2.39. The van der Waals surface area contributed by atoms with E-state index in [1.54, 1.807) is 38.5 Å². The zero-order valence-electron chi connectivity index (χ0n) is 12.3. The van der Waals surface area contributed by atoms with Gasteiger partial charge in [0.15, 0.2) is 0 Å². The summed E-state index contributed by atoms with van der Waals surface area (Å²) >= 11 is 3.43. The number of methoxy groups -OCH3 is 2. The van der Waals surface area contributed by atoms with Crippen molar-refractivity contribution in [3.63, 3.8) is 0 Å². The van der Waals surface area contributed by atoms with Gasteiger partial charge < -0.3 is 19.7 Å². The molecule has 0 aliphatic rings. The molecule has 0 amide bonds. The summed E-state index contributed by atoms with van der Waals surface area (Å²) in [6.45, 7) is 3.55. The first-order valence-corrected chi connectivity index (χ1v) is 7.38. The molecule has 4 nitrogen and oxygen atoms in total. The van der Waals surface area contributed by atoms with E-state index >= 15 is 0 Å². The molecule has 1 aromatic rings. The Morgan fingerprint density at radius 2 is 1.95 bits per heavy atom. The number of benzene rings is 1. The van der Waals surface area contributed by atoms with Crippen LogP contribution in [-0.2, 0) is 0 Å². The van der Waals surface area contributed by atoms with Crippen LogP contribution in [-0.4, -0.2) is 31.0 Å². The lowest BCUT2D eigenvalue weighted by Gasteiger charge is -2.17. The van der Waals surface area contributed by atoms with Gasteiger partial charge in [-0.25, -0.2) is 0 Å². The first-order chi connectivity index (χ1) is 10.1. The topological polar surface area (TPSA) is 58.9 Å². The monoisotopic (exact) mass is 356 g/mol. The minimum absolute atomic E-state index is 0.102. The van der Waals surface area contributed by atoms with Crippen molar-refractivity contribution in [3.05, 3.63) is 46.5 Å². The van der Waals surface area contributed by atoms with E-state index in [9.17, 15) is 10.2 Å². The van der Waals surface area contributed by atoms with E-state index in [2.05, 4.69) is 22.5 Å². The van der Waals surface area contributed by atoms with Gasteiger partial charge in [-0.3, -0.25) is 0 Å². The molecule has 2 N–H and O–H groups in total. The Bertz CT molecular complexity index is 511. The molecule has 1 rings (SSSR count). The molecular weight excluding hydrogens is 336 g/mol. The van der Waals surface area contributed by atoms with Crippen molar-refractivity contribution in [2.75, 3.05) is 20.8 Å². The zero-order chi connectivity index (χ0) is 15.8. The van der Waals surface area contributed by atoms with Gasteiger partial charge >= 0.3 is 0 Å². The average Bonchev–Trinajstić information content (AvgIpc) is 2.50. The summed E-state index contributed by atoms with van der Waals surface area (Å²) < 4.78 is 11.2. The third-order valence-electron chi connectivity index (χ3n) is 3.11. The molecule has 5 heteroatoms. The second-order valence-corrected chi connectivity index (χ2v) is 5.25. The molecule has 0 spiro atoms. The van der Waals surface area contributed by atoms with Crippen molar-refractivity contribution >= 4 is 15.9 Å². The molecule has 0 aliphatic carbocycles. The highest BCUT2D eigenvalue weighted by Gasteiger charge is 2.19. The van der Waals surface area contributed by atoms with Crippen LogP contribution in [0, 0.1) is 0 Å². The van der Waals surface area contributed by atoms with E-state index < -0.39 is 6.10 Å². The number of aliphatic hydroxyl groups excluding tert-OH is 2. The lowest BCUT2D eigenvalue weighted by atomic mass is 10.0. The van der Waals surface area contributed by atoms with Crippen LogP contribution in [0.25, 0.3) is 0 Å². The fourth-order valence-corrected chi connectivity index (χ4v) is 2.70. The normalized spacial score (nSPS) is 12.9. The smallest absolute Gasteiger partial charge is 0.133 e. The Kier molecular flexibility index (Phi) is 7.50. The molecule has 0 heterocycles. The first-order valence-electron chi connectivity index (χ1n) is 6.58. The summed E-state index contributed by atoms with van der Waals surface area (Å²) in [5, 5.41) is 19.8. The predicted molar refractivity (Wildman–Crippen MR) is 86.8 cm³/mol. The standard InChI is InChI=1S/C16H21BrO4/c1-4-5-6-11(10-18)9-12(19)15-13(20-2)7-8-14(21-3)16(15)17/h4,7-9,12,18-19H,1,5-6,10H2,2-3H3/b11-9-/t12-/m0/s1. The van der Waals surface area contributed by atoms with Crippen molar-refractivity contribution in [1.29, 1.82) is 0 Å². The second kappa shape index (κ2) is 8.87. The van der Waals surface area contributed by atoms with E-state index in [0.29, 0.717) is 28.0 Å². The quantitative estimate of drug-likeness (QED) is 0.701. The van der Waals surface area contributed by atoms with Crippen LogP contribution in [0.5, 0.6) is 11.5 Å². The molecule has 21 heavy (non-hydrogen) atoms. The maximum absolute atomic E-state index is 10.5. The van der Waals surface area contributed by atoms with E-state index in [1.165, 1.54) is 0 Å². The van der Waals surface area contributed by atoms with Gasteiger partial charge in [-0.1, -0.05) is 12.2 Å². The summed E-state index contributed by atoms with van der Waals surface area (Å²) in [5.41, 5.74) is 1.32. The molecule has 0 aliphatic heterocycles. The van der Waals surface area contributed by atoms with Crippen LogP contribution >= 0.6 is 15.9 Å². The van der Waals surface area contributed by atoms with Crippen LogP contribution in [0.1, 0.15) is 24.5 Å². The van der Waals surface area contributed by atoms with Gasteiger partial charge in [-0.15, -0.1) is 6.58 Å². The predicted octanol–water partition coefficient (Wildman–Crippen LogP) is 3.38. The number of hydrogen-bond acceptors (Lipinski definition) is 4. The number of aliphatic hydroxyl groups is 2. The van der Waals surface area contributed by atoms with Crippen LogP contribution in [0.3, 0.4) is 0 Å². The van der Waals surface area contributed by atoms with Crippen LogP contribution in [0.4, 0.5) is 0 Å². The average molecular weight is 357 g/mol. The van der Waals surface area contributed by atoms with E-state index in [1.807, 2.05) is 0 Å². The second-order valence-electron chi connectivity index (χ2n) is 4.45. The fraction of sp³-hybridized carbons (Fsp3) is 0.375. The highest BCUT2D eigenvalue weighted by molar-refractivity contribution is 9.10. The van der Waals surface area contributed by atoms with Crippen molar-refractivity contribution in [2.24, 2.45) is 0 Å². The fourth-order valence-electron chi connectivity index (χ4n) is 1.98. The summed E-state index contributed by atoms with van der Waals surface area (Å²) in [6.07, 6.45) is 3.90. The van der Waals surface area contributed by atoms with Gasteiger partial charge in [-0.2, -0.15) is 0 Å². The maximum Gasteiger partial charge on any atom is 0.133 e. The van der Waals surface area contributed by atoms with Gasteiger partial charge in [0, 0.05) is 5.56 Å². The zero-order valence-corrected chi connectivity index (χ0v) is 13.9. The summed E-state index contributed by atoms with van der Waals surface area (Å²) in [5.74, 6) is 1.15. The SMILES string of the molecule is C=CCC/C(=C/[C@H](O)c1c(OC)ccc(OC)c1Br)CO. The first kappa shape index (κ1) is 17.8. The Balaban J connectivity index is 3.18. The molecule has 0 bridgehead atoms. The molecule has 1 aromatic carbocycles. The lowest BCUT2D eigenvalue weighted by Crippen LogP contribution is -2.03. The largest absolute Gasteiger partial charge is 0.496 e. The molecule has 0 radical (unpaired) electrons. The molecule has 0 aromatic heterocycles. The van der Waals surface area contributed by atoms with E-state index in [-0.39, 0.29) is 6.61 Å². The molecule has 0 unspecified atom stereocenters. The number of halogens is 1. The molecule has 116 valence electrons. The Labute approximate surface area is 133 Å². The van der Waals surface area contributed by atoms with Crippen LogP contribution < -0.4 is 9.47 Å². The summed E-state index contributed by atoms with van der Waals surface area (Å²) in [6, 6.07) is 3.49. The molecule has 1 atom stereocenters. The molecule has 0 saturated heterocycles. The van der Waals surface area contributed by atoms with Crippen molar-refractivity contribution in [2.45, 2.75) is 18.9 Å². The Morgan fingerprint density at radius 1 is 1.33 bits per heavy atom. The van der Waals surface area contributed by atoms with Gasteiger partial charge in [-0.05, 0) is 46.5 Å². The lowest BCUT2D eigenvalue weighted by molar-refractivity contribution is 0.217. The maximum atomic E-state index is 10.5. The van der Waals surface area contributed by atoms with Crippen LogP contribution in [0.15, 0.2) is 40.9 Å². The van der Waals surface area contributed by atoms with Gasteiger partial charge in [0.1, 0.15) is 17.6 Å². The molecule has 0 saturated carbocycles. The highest BCUT2D eigenvalue weighted by atomic mass is 79.9. The van der Waals surface area contributed by atoms with Crippen LogP contribution in [0.2, 0.25) is 0 Å². The Morgan fingerprint density at radius 3 is 2.48 bits per heavy atom. The third-order valence-corrected chi connectivity index (χ3v) is 3.92. The van der Waals surface area contributed by atoms with Gasteiger partial charge in [0.2, 0.25) is 0 Å². The number of rotatable bonds is 8. The van der Waals surface area contributed by atoms with Gasteiger partial charge in [0.05, 0.1) is 25.3 Å². The summed E-state index contributed by atoms with van der Waals surface area (Å²) in [7, 11) is 3.10. The minimum atomic E-state index is -0.906.